The van der Waals surface area contributed by atoms with Gasteiger partial charge in [-0.15, -0.1) is 0 Å². The van der Waals surface area contributed by atoms with Gasteiger partial charge in [0.15, 0.2) is 0 Å². The van der Waals surface area contributed by atoms with Crippen molar-refractivity contribution >= 4 is 5.69 Å². The van der Waals surface area contributed by atoms with Gasteiger partial charge in [0.05, 0.1) is 17.1 Å². The number of nitrogens with zero attached hydrogens (tertiary/aromatic N) is 1. The van der Waals surface area contributed by atoms with E-state index in [2.05, 4.69) is 5.32 Å². The molecule has 2 rings (SSSR count). The van der Waals surface area contributed by atoms with E-state index in [0.717, 1.165) is 32.2 Å². The van der Waals surface area contributed by atoms with Gasteiger partial charge in [-0.3, -0.25) is 10.1 Å². The zero-order valence-corrected chi connectivity index (χ0v) is 11.9. The quantitative estimate of drug-likeness (QED) is 0.549. The highest BCUT2D eigenvalue weighted by molar-refractivity contribution is 5.33. The first kappa shape index (κ1) is 15.9. The van der Waals surface area contributed by atoms with Gasteiger partial charge in [-0.25, -0.2) is 0 Å². The van der Waals surface area contributed by atoms with E-state index in [4.69, 9.17) is 0 Å². The summed E-state index contributed by atoms with van der Waals surface area (Å²) in [6.45, 7) is 1.26. The Morgan fingerprint density at radius 1 is 1.24 bits per heavy atom. The Morgan fingerprint density at radius 2 is 1.86 bits per heavy atom. The molecule has 6 heteroatoms. The van der Waals surface area contributed by atoms with E-state index in [1.165, 1.54) is 12.1 Å². The first-order valence-electron chi connectivity index (χ1n) is 7.37. The van der Waals surface area contributed by atoms with Crippen LogP contribution in [0.1, 0.15) is 37.4 Å². The van der Waals surface area contributed by atoms with Crippen LogP contribution >= 0.6 is 0 Å². The Balaban J connectivity index is 1.74. The molecule has 0 heterocycles. The van der Waals surface area contributed by atoms with Crippen LogP contribution in [0.15, 0.2) is 24.3 Å². The maximum atomic E-state index is 10.6. The van der Waals surface area contributed by atoms with Crippen molar-refractivity contribution in [3.05, 3.63) is 39.9 Å². The van der Waals surface area contributed by atoms with Gasteiger partial charge >= 0.3 is 0 Å². The van der Waals surface area contributed by atoms with Crippen LogP contribution in [0.3, 0.4) is 0 Å². The molecule has 1 fully saturated rings. The van der Waals surface area contributed by atoms with Crippen LogP contribution in [0.25, 0.3) is 0 Å². The van der Waals surface area contributed by atoms with Crippen LogP contribution in [0.4, 0.5) is 5.69 Å². The Labute approximate surface area is 124 Å². The van der Waals surface area contributed by atoms with Crippen LogP contribution in [0.5, 0.6) is 0 Å². The molecule has 1 unspecified atom stereocenters. The van der Waals surface area contributed by atoms with Gasteiger partial charge in [0.25, 0.3) is 5.69 Å². The van der Waals surface area contributed by atoms with E-state index >= 15 is 0 Å². The summed E-state index contributed by atoms with van der Waals surface area (Å²) in [5, 5.41) is 33.3. The van der Waals surface area contributed by atoms with Crippen LogP contribution in [0.2, 0.25) is 0 Å². The lowest BCUT2D eigenvalue weighted by Gasteiger charge is -2.26. The number of nitrogens with one attached hydrogen (secondary N) is 1. The topological polar surface area (TPSA) is 95.6 Å². The molecular weight excluding hydrogens is 272 g/mol. The van der Waals surface area contributed by atoms with Crippen molar-refractivity contribution < 1.29 is 15.1 Å². The molecule has 0 amide bonds. The average Bonchev–Trinajstić information content (AvgIpc) is 2.49. The van der Waals surface area contributed by atoms with Gasteiger partial charge in [0.2, 0.25) is 0 Å². The SMILES string of the molecule is O=[N+]([O-])c1ccc(C(O)CNCC2CCC(O)CC2)cc1. The second-order valence-corrected chi connectivity index (χ2v) is 5.70. The first-order chi connectivity index (χ1) is 10.1. The van der Waals surface area contributed by atoms with Crippen molar-refractivity contribution in [1.29, 1.82) is 0 Å². The molecule has 3 N–H and O–H groups in total. The summed E-state index contributed by atoms with van der Waals surface area (Å²) in [5.74, 6) is 0.553. The van der Waals surface area contributed by atoms with Crippen molar-refractivity contribution in [3.8, 4) is 0 Å². The van der Waals surface area contributed by atoms with Crippen molar-refractivity contribution in [1.82, 2.24) is 5.32 Å². The van der Waals surface area contributed by atoms with Gasteiger partial charge in [-0.2, -0.15) is 0 Å². The molecule has 1 saturated carbocycles. The van der Waals surface area contributed by atoms with E-state index in [0.29, 0.717) is 18.0 Å². The molecule has 0 spiro atoms. The molecule has 21 heavy (non-hydrogen) atoms. The Bertz CT molecular complexity index is 455. The van der Waals surface area contributed by atoms with E-state index in [1.54, 1.807) is 12.1 Å². The van der Waals surface area contributed by atoms with Crippen molar-refractivity contribution in [2.45, 2.75) is 37.9 Å². The summed E-state index contributed by atoms with van der Waals surface area (Å²) >= 11 is 0. The van der Waals surface area contributed by atoms with Crippen LogP contribution < -0.4 is 5.32 Å². The molecule has 1 atom stereocenters. The standard InChI is InChI=1S/C15H22N2O4/c18-14-7-1-11(2-8-14)9-16-10-15(19)12-3-5-13(6-4-12)17(20)21/h3-6,11,14-16,18-19H,1-2,7-10H2. The fourth-order valence-corrected chi connectivity index (χ4v) is 2.71. The zero-order chi connectivity index (χ0) is 15.2. The fraction of sp³-hybridized carbons (Fsp3) is 0.600. The fourth-order valence-electron chi connectivity index (χ4n) is 2.71. The molecule has 1 aliphatic rings. The molecule has 0 aromatic heterocycles. The molecule has 0 saturated heterocycles. The number of nitro groups is 1. The molecule has 0 bridgehead atoms. The van der Waals surface area contributed by atoms with Crippen LogP contribution in [-0.4, -0.2) is 34.3 Å². The lowest BCUT2D eigenvalue weighted by molar-refractivity contribution is -0.384. The third-order valence-electron chi connectivity index (χ3n) is 4.08. The molecule has 0 aliphatic heterocycles. The summed E-state index contributed by atoms with van der Waals surface area (Å²) in [7, 11) is 0. The Morgan fingerprint density at radius 3 is 2.43 bits per heavy atom. The summed E-state index contributed by atoms with van der Waals surface area (Å²) in [4.78, 5) is 10.1. The van der Waals surface area contributed by atoms with E-state index in [9.17, 15) is 20.3 Å². The van der Waals surface area contributed by atoms with Gasteiger partial charge in [-0.1, -0.05) is 0 Å². The van der Waals surface area contributed by atoms with Crippen molar-refractivity contribution in [3.63, 3.8) is 0 Å². The number of rotatable bonds is 6. The third-order valence-corrected chi connectivity index (χ3v) is 4.08. The van der Waals surface area contributed by atoms with E-state index in [-0.39, 0.29) is 11.8 Å². The Kier molecular flexibility index (Phi) is 5.67. The average molecular weight is 294 g/mol. The second kappa shape index (κ2) is 7.49. The normalized spacial score (nSPS) is 23.7. The van der Waals surface area contributed by atoms with E-state index < -0.39 is 11.0 Å². The van der Waals surface area contributed by atoms with Gasteiger partial charge in [0.1, 0.15) is 0 Å². The maximum Gasteiger partial charge on any atom is 0.269 e. The molecule has 1 aromatic rings. The molecule has 1 aliphatic carbocycles. The molecule has 6 nitrogen and oxygen atoms in total. The number of nitro benzene ring substituents is 1. The lowest BCUT2D eigenvalue weighted by Crippen LogP contribution is -2.30. The smallest absolute Gasteiger partial charge is 0.269 e. The number of hydrogen-bond donors (Lipinski definition) is 3. The van der Waals surface area contributed by atoms with Gasteiger partial charge < -0.3 is 15.5 Å². The highest BCUT2D eigenvalue weighted by Crippen LogP contribution is 2.23. The maximum absolute atomic E-state index is 10.6. The highest BCUT2D eigenvalue weighted by Gasteiger charge is 2.19. The third kappa shape index (κ3) is 4.77. The Hall–Kier alpha value is -1.50. The number of benzene rings is 1. The second-order valence-electron chi connectivity index (χ2n) is 5.70. The number of aliphatic hydroxyl groups excluding tert-OH is 2. The molecular formula is C15H22N2O4. The summed E-state index contributed by atoms with van der Waals surface area (Å²) in [5.41, 5.74) is 0.701. The summed E-state index contributed by atoms with van der Waals surface area (Å²) < 4.78 is 0. The minimum atomic E-state index is -0.667. The van der Waals surface area contributed by atoms with Crippen LogP contribution in [0, 0.1) is 16.0 Å². The van der Waals surface area contributed by atoms with E-state index in [1.807, 2.05) is 0 Å². The van der Waals surface area contributed by atoms with Crippen molar-refractivity contribution in [2.24, 2.45) is 5.92 Å². The van der Waals surface area contributed by atoms with Gasteiger partial charge in [-0.05, 0) is 55.8 Å². The minimum absolute atomic E-state index is 0.0275. The summed E-state index contributed by atoms with van der Waals surface area (Å²) in [6, 6.07) is 5.98. The monoisotopic (exact) mass is 294 g/mol. The number of non-ortho nitro benzene ring substituents is 1. The lowest BCUT2D eigenvalue weighted by atomic mass is 9.87. The summed E-state index contributed by atoms with van der Waals surface area (Å²) in [6.07, 6.45) is 2.94. The predicted molar refractivity (Wildman–Crippen MR) is 78.9 cm³/mol. The molecule has 116 valence electrons. The number of hydrogen-bond acceptors (Lipinski definition) is 5. The van der Waals surface area contributed by atoms with Crippen LogP contribution in [-0.2, 0) is 0 Å². The largest absolute Gasteiger partial charge is 0.393 e. The molecule has 1 aromatic carbocycles. The zero-order valence-electron chi connectivity index (χ0n) is 11.9. The molecule has 0 radical (unpaired) electrons. The highest BCUT2D eigenvalue weighted by atomic mass is 16.6. The van der Waals surface area contributed by atoms with Gasteiger partial charge in [0, 0.05) is 18.7 Å². The first-order valence-corrected chi connectivity index (χ1v) is 7.37. The minimum Gasteiger partial charge on any atom is -0.393 e. The van der Waals surface area contributed by atoms with Crippen molar-refractivity contribution in [2.75, 3.05) is 13.1 Å². The predicted octanol–water partition coefficient (Wildman–Crippen LogP) is 1.77. The number of aliphatic hydroxyl groups is 2.